The summed E-state index contributed by atoms with van der Waals surface area (Å²) >= 11 is 0. The Balaban J connectivity index is 2.12. The summed E-state index contributed by atoms with van der Waals surface area (Å²) in [5, 5.41) is 3.25. The molecule has 0 aliphatic carbocycles. The minimum atomic E-state index is 0.107. The van der Waals surface area contributed by atoms with E-state index < -0.39 is 0 Å². The molecule has 1 fully saturated rings. The summed E-state index contributed by atoms with van der Waals surface area (Å²) in [6.07, 6.45) is 3.93. The zero-order valence-corrected chi connectivity index (χ0v) is 10.4. The van der Waals surface area contributed by atoms with E-state index in [-0.39, 0.29) is 5.91 Å². The molecule has 1 atom stereocenters. The Morgan fingerprint density at radius 2 is 2.41 bits per heavy atom. The van der Waals surface area contributed by atoms with Gasteiger partial charge in [-0.3, -0.25) is 9.78 Å². The van der Waals surface area contributed by atoms with Crippen LogP contribution >= 0.6 is 0 Å². The van der Waals surface area contributed by atoms with Crippen molar-refractivity contribution < 1.29 is 4.79 Å². The minimum absolute atomic E-state index is 0.107. The maximum atomic E-state index is 12.3. The number of nitrogens with zero attached hydrogens (tertiary/aromatic N) is 2. The Labute approximate surface area is 102 Å². The van der Waals surface area contributed by atoms with Crippen LogP contribution in [0.1, 0.15) is 28.9 Å². The zero-order chi connectivity index (χ0) is 12.3. The molecule has 1 saturated heterocycles. The molecule has 1 aromatic rings. The predicted molar refractivity (Wildman–Crippen MR) is 67.0 cm³/mol. The van der Waals surface area contributed by atoms with Crippen molar-refractivity contribution in [2.24, 2.45) is 0 Å². The largest absolute Gasteiger partial charge is 0.337 e. The standard InChI is InChI=1S/C13H19N3O/c1-10-12(6-3-7-15-10)13(17)16-8-4-5-11(9-16)14-2/h3,6-7,11,14H,4-5,8-9H2,1-2H3. The summed E-state index contributed by atoms with van der Waals surface area (Å²) in [7, 11) is 1.95. The highest BCUT2D eigenvalue weighted by atomic mass is 16.2. The van der Waals surface area contributed by atoms with E-state index in [9.17, 15) is 4.79 Å². The number of pyridine rings is 1. The zero-order valence-electron chi connectivity index (χ0n) is 10.4. The van der Waals surface area contributed by atoms with Crippen LogP contribution in [0.3, 0.4) is 0 Å². The molecular formula is C13H19N3O. The van der Waals surface area contributed by atoms with Crippen LogP contribution in [0.5, 0.6) is 0 Å². The maximum Gasteiger partial charge on any atom is 0.255 e. The lowest BCUT2D eigenvalue weighted by Gasteiger charge is -2.32. The molecule has 0 spiro atoms. The lowest BCUT2D eigenvalue weighted by atomic mass is 10.0. The van der Waals surface area contributed by atoms with Crippen LogP contribution in [-0.2, 0) is 0 Å². The molecule has 0 aromatic carbocycles. The summed E-state index contributed by atoms with van der Waals surface area (Å²) in [6.45, 7) is 3.53. The van der Waals surface area contributed by atoms with E-state index in [0.29, 0.717) is 6.04 Å². The number of likely N-dealkylation sites (N-methyl/N-ethyl adjacent to an activating group) is 1. The topological polar surface area (TPSA) is 45.2 Å². The van der Waals surface area contributed by atoms with Crippen LogP contribution in [0.4, 0.5) is 0 Å². The van der Waals surface area contributed by atoms with Gasteiger partial charge in [0.25, 0.3) is 5.91 Å². The third-order valence-corrected chi connectivity index (χ3v) is 3.35. The first kappa shape index (κ1) is 12.0. The number of piperidine rings is 1. The molecule has 1 N–H and O–H groups in total. The van der Waals surface area contributed by atoms with Crippen molar-refractivity contribution in [3.05, 3.63) is 29.6 Å². The molecule has 0 saturated carbocycles. The first-order valence-corrected chi connectivity index (χ1v) is 6.10. The molecule has 1 aliphatic rings. The molecular weight excluding hydrogens is 214 g/mol. The summed E-state index contributed by atoms with van der Waals surface area (Å²) in [5.41, 5.74) is 1.54. The van der Waals surface area contributed by atoms with Crippen molar-refractivity contribution in [1.82, 2.24) is 15.2 Å². The SMILES string of the molecule is CNC1CCCN(C(=O)c2cccnc2C)C1. The highest BCUT2D eigenvalue weighted by Crippen LogP contribution is 2.14. The van der Waals surface area contributed by atoms with E-state index >= 15 is 0 Å². The van der Waals surface area contributed by atoms with E-state index in [0.717, 1.165) is 37.2 Å². The summed E-state index contributed by atoms with van der Waals surface area (Å²) in [6, 6.07) is 4.09. The van der Waals surface area contributed by atoms with E-state index in [1.807, 2.05) is 31.0 Å². The van der Waals surface area contributed by atoms with Crippen molar-refractivity contribution in [2.75, 3.05) is 20.1 Å². The van der Waals surface area contributed by atoms with Gasteiger partial charge in [0.1, 0.15) is 0 Å². The molecule has 0 radical (unpaired) electrons. The van der Waals surface area contributed by atoms with Crippen LogP contribution in [0.25, 0.3) is 0 Å². The Hall–Kier alpha value is -1.42. The summed E-state index contributed by atoms with van der Waals surface area (Å²) in [4.78, 5) is 18.4. The number of aromatic nitrogens is 1. The number of carbonyl (C=O) groups excluding carboxylic acids is 1. The van der Waals surface area contributed by atoms with Gasteiger partial charge in [0.2, 0.25) is 0 Å². The van der Waals surface area contributed by atoms with E-state index in [2.05, 4.69) is 10.3 Å². The summed E-state index contributed by atoms with van der Waals surface area (Å²) < 4.78 is 0. The lowest BCUT2D eigenvalue weighted by Crippen LogP contribution is -2.47. The third kappa shape index (κ3) is 2.64. The van der Waals surface area contributed by atoms with E-state index in [4.69, 9.17) is 0 Å². The second-order valence-electron chi connectivity index (χ2n) is 4.52. The smallest absolute Gasteiger partial charge is 0.255 e. The second kappa shape index (κ2) is 5.27. The highest BCUT2D eigenvalue weighted by molar-refractivity contribution is 5.95. The van der Waals surface area contributed by atoms with E-state index in [1.54, 1.807) is 6.20 Å². The van der Waals surface area contributed by atoms with Gasteiger partial charge in [0.15, 0.2) is 0 Å². The van der Waals surface area contributed by atoms with Gasteiger partial charge in [0, 0.05) is 31.0 Å². The molecule has 1 aromatic heterocycles. The lowest BCUT2D eigenvalue weighted by molar-refractivity contribution is 0.0697. The monoisotopic (exact) mass is 233 g/mol. The van der Waals surface area contributed by atoms with Gasteiger partial charge in [-0.25, -0.2) is 0 Å². The average molecular weight is 233 g/mol. The molecule has 2 rings (SSSR count). The number of rotatable bonds is 2. The average Bonchev–Trinajstić information content (AvgIpc) is 2.38. The van der Waals surface area contributed by atoms with Crippen LogP contribution in [0, 0.1) is 6.92 Å². The first-order chi connectivity index (χ1) is 8.22. The van der Waals surface area contributed by atoms with Gasteiger partial charge < -0.3 is 10.2 Å². The summed E-state index contributed by atoms with van der Waals surface area (Å²) in [5.74, 6) is 0.107. The normalized spacial score (nSPS) is 20.4. The van der Waals surface area contributed by atoms with Gasteiger partial charge in [-0.1, -0.05) is 0 Å². The molecule has 1 unspecified atom stereocenters. The number of hydrogen-bond donors (Lipinski definition) is 1. The predicted octanol–water partition coefficient (Wildman–Crippen LogP) is 1.21. The fourth-order valence-electron chi connectivity index (χ4n) is 2.28. The van der Waals surface area contributed by atoms with Crippen LogP contribution in [0.2, 0.25) is 0 Å². The molecule has 1 aliphatic heterocycles. The van der Waals surface area contributed by atoms with Crippen LogP contribution < -0.4 is 5.32 Å². The van der Waals surface area contributed by atoms with Gasteiger partial charge in [-0.2, -0.15) is 0 Å². The molecule has 1 amide bonds. The van der Waals surface area contributed by atoms with E-state index in [1.165, 1.54) is 0 Å². The number of carbonyl (C=O) groups is 1. The van der Waals surface area contributed by atoms with Gasteiger partial charge in [-0.15, -0.1) is 0 Å². The van der Waals surface area contributed by atoms with Gasteiger partial charge >= 0.3 is 0 Å². The first-order valence-electron chi connectivity index (χ1n) is 6.10. The van der Waals surface area contributed by atoms with Crippen LogP contribution in [-0.4, -0.2) is 42.0 Å². The fraction of sp³-hybridized carbons (Fsp3) is 0.538. The maximum absolute atomic E-state index is 12.3. The Morgan fingerprint density at radius 1 is 1.59 bits per heavy atom. The molecule has 92 valence electrons. The number of likely N-dealkylation sites (tertiary alicyclic amines) is 1. The number of amides is 1. The molecule has 0 bridgehead atoms. The van der Waals surface area contributed by atoms with Crippen LogP contribution in [0.15, 0.2) is 18.3 Å². The molecule has 4 nitrogen and oxygen atoms in total. The van der Waals surface area contributed by atoms with Crippen molar-refractivity contribution in [3.8, 4) is 0 Å². The van der Waals surface area contributed by atoms with Crippen molar-refractivity contribution >= 4 is 5.91 Å². The van der Waals surface area contributed by atoms with Crippen molar-refractivity contribution in [1.29, 1.82) is 0 Å². The Kier molecular flexibility index (Phi) is 3.74. The number of aryl methyl sites for hydroxylation is 1. The quantitative estimate of drug-likeness (QED) is 0.835. The van der Waals surface area contributed by atoms with Gasteiger partial charge in [0.05, 0.1) is 5.56 Å². The molecule has 17 heavy (non-hydrogen) atoms. The Morgan fingerprint density at radius 3 is 3.12 bits per heavy atom. The molecule has 4 heteroatoms. The molecule has 2 heterocycles. The third-order valence-electron chi connectivity index (χ3n) is 3.35. The highest BCUT2D eigenvalue weighted by Gasteiger charge is 2.24. The fourth-order valence-corrected chi connectivity index (χ4v) is 2.28. The van der Waals surface area contributed by atoms with Crippen molar-refractivity contribution in [2.45, 2.75) is 25.8 Å². The minimum Gasteiger partial charge on any atom is -0.337 e. The second-order valence-corrected chi connectivity index (χ2v) is 4.52. The number of hydrogen-bond acceptors (Lipinski definition) is 3. The van der Waals surface area contributed by atoms with Crippen molar-refractivity contribution in [3.63, 3.8) is 0 Å². The van der Waals surface area contributed by atoms with Gasteiger partial charge in [-0.05, 0) is 38.9 Å². The Bertz CT molecular complexity index is 405. The number of nitrogens with one attached hydrogen (secondary N) is 1.